The molecule has 0 aromatic carbocycles. The molecule has 17 heavy (non-hydrogen) atoms. The number of hydrogen-bond donors (Lipinski definition) is 1. The number of hydrogen-bond acceptors (Lipinski definition) is 2. The highest BCUT2D eigenvalue weighted by molar-refractivity contribution is 4.88. The molecule has 0 aromatic heterocycles. The van der Waals surface area contributed by atoms with Crippen LogP contribution in [0, 0.1) is 17.8 Å². The lowest BCUT2D eigenvalue weighted by Crippen LogP contribution is -2.46. The second kappa shape index (κ2) is 5.27. The lowest BCUT2D eigenvalue weighted by atomic mass is 9.77. The van der Waals surface area contributed by atoms with Crippen molar-refractivity contribution in [3.05, 3.63) is 0 Å². The van der Waals surface area contributed by atoms with E-state index in [9.17, 15) is 0 Å². The van der Waals surface area contributed by atoms with Crippen LogP contribution in [0.2, 0.25) is 0 Å². The lowest BCUT2D eigenvalue weighted by Gasteiger charge is -2.42. The van der Waals surface area contributed by atoms with E-state index in [1.54, 1.807) is 0 Å². The Bertz CT molecular complexity index is 241. The Hall–Kier alpha value is -0.0800. The molecule has 3 aliphatic rings. The van der Waals surface area contributed by atoms with Crippen LogP contribution in [0.25, 0.3) is 0 Å². The first-order valence-electron chi connectivity index (χ1n) is 7.74. The molecule has 4 atom stereocenters. The van der Waals surface area contributed by atoms with Crippen LogP contribution in [0.4, 0.5) is 0 Å². The minimum atomic E-state index is 0.803. The Morgan fingerprint density at radius 3 is 2.41 bits per heavy atom. The predicted octanol–water partition coefficient (Wildman–Crippen LogP) is 2.50. The average molecular weight is 236 g/mol. The van der Waals surface area contributed by atoms with E-state index >= 15 is 0 Å². The zero-order valence-corrected chi connectivity index (χ0v) is 11.3. The van der Waals surface area contributed by atoms with Gasteiger partial charge in [-0.3, -0.25) is 0 Å². The van der Waals surface area contributed by atoms with Crippen LogP contribution in [-0.2, 0) is 0 Å². The minimum absolute atomic E-state index is 0.803. The van der Waals surface area contributed by atoms with Gasteiger partial charge in [0, 0.05) is 25.7 Å². The first kappa shape index (κ1) is 12.0. The maximum atomic E-state index is 3.53. The quantitative estimate of drug-likeness (QED) is 0.810. The molecular formula is C15H28N2. The molecule has 3 fully saturated rings. The second-order valence-corrected chi connectivity index (χ2v) is 6.70. The number of likely N-dealkylation sites (tertiary alicyclic amines) is 1. The van der Waals surface area contributed by atoms with E-state index in [2.05, 4.69) is 17.3 Å². The van der Waals surface area contributed by atoms with E-state index in [1.807, 2.05) is 0 Å². The van der Waals surface area contributed by atoms with Gasteiger partial charge in [-0.15, -0.1) is 0 Å². The highest BCUT2D eigenvalue weighted by Crippen LogP contribution is 2.35. The third-order valence-corrected chi connectivity index (χ3v) is 5.45. The molecule has 4 unspecified atom stereocenters. The second-order valence-electron chi connectivity index (χ2n) is 6.70. The van der Waals surface area contributed by atoms with Gasteiger partial charge in [-0.2, -0.15) is 0 Å². The third kappa shape index (κ3) is 2.68. The topological polar surface area (TPSA) is 15.3 Å². The molecule has 0 spiro atoms. The van der Waals surface area contributed by atoms with Crippen molar-refractivity contribution in [3.8, 4) is 0 Å². The van der Waals surface area contributed by atoms with E-state index in [0.717, 1.165) is 23.8 Å². The summed E-state index contributed by atoms with van der Waals surface area (Å²) in [6.45, 7) is 4.19. The molecule has 2 aliphatic carbocycles. The van der Waals surface area contributed by atoms with Crippen molar-refractivity contribution < 1.29 is 0 Å². The van der Waals surface area contributed by atoms with E-state index in [0.29, 0.717) is 0 Å². The molecular weight excluding hydrogens is 208 g/mol. The molecule has 1 heterocycles. The standard InChI is InChI=1S/C15H28N2/c1-16-15-7-3-6-14(15)11-17-9-12-4-2-5-13(8-12)10-17/h12-16H,2-11H2,1H3. The van der Waals surface area contributed by atoms with Gasteiger partial charge in [0.1, 0.15) is 0 Å². The van der Waals surface area contributed by atoms with Crippen LogP contribution in [0.1, 0.15) is 44.9 Å². The van der Waals surface area contributed by atoms with Gasteiger partial charge in [-0.05, 0) is 56.9 Å². The van der Waals surface area contributed by atoms with E-state index in [1.165, 1.54) is 64.6 Å². The molecule has 1 saturated heterocycles. The predicted molar refractivity (Wildman–Crippen MR) is 72.1 cm³/mol. The smallest absolute Gasteiger partial charge is 0.0104 e. The Morgan fingerprint density at radius 2 is 1.71 bits per heavy atom. The molecule has 1 N–H and O–H groups in total. The number of nitrogens with one attached hydrogen (secondary N) is 1. The molecule has 1 aliphatic heterocycles. The summed E-state index contributed by atoms with van der Waals surface area (Å²) in [5, 5.41) is 3.53. The van der Waals surface area contributed by atoms with Crippen molar-refractivity contribution in [1.29, 1.82) is 0 Å². The molecule has 0 aromatic rings. The maximum absolute atomic E-state index is 3.53. The summed E-state index contributed by atoms with van der Waals surface area (Å²) in [5.41, 5.74) is 0. The summed E-state index contributed by atoms with van der Waals surface area (Å²) >= 11 is 0. The molecule has 2 nitrogen and oxygen atoms in total. The normalized spacial score (nSPS) is 42.9. The molecule has 3 rings (SSSR count). The summed E-state index contributed by atoms with van der Waals surface area (Å²) in [5.74, 6) is 3.01. The Kier molecular flexibility index (Phi) is 3.72. The van der Waals surface area contributed by atoms with E-state index in [-0.39, 0.29) is 0 Å². The van der Waals surface area contributed by atoms with Crippen LogP contribution >= 0.6 is 0 Å². The SMILES string of the molecule is CNC1CCCC1CN1CC2CCCC(C2)C1. The Morgan fingerprint density at radius 1 is 1.00 bits per heavy atom. The fourth-order valence-electron chi connectivity index (χ4n) is 4.65. The highest BCUT2D eigenvalue weighted by Gasteiger charge is 2.33. The van der Waals surface area contributed by atoms with Crippen molar-refractivity contribution in [3.63, 3.8) is 0 Å². The van der Waals surface area contributed by atoms with Gasteiger partial charge in [0.25, 0.3) is 0 Å². The van der Waals surface area contributed by atoms with Crippen LogP contribution in [0.15, 0.2) is 0 Å². The fraction of sp³-hybridized carbons (Fsp3) is 1.00. The number of fused-ring (bicyclic) bond motifs is 2. The van der Waals surface area contributed by atoms with Gasteiger partial charge in [0.15, 0.2) is 0 Å². The average Bonchev–Trinajstić information content (AvgIpc) is 2.76. The monoisotopic (exact) mass is 236 g/mol. The maximum Gasteiger partial charge on any atom is 0.0104 e. The number of piperidine rings is 1. The van der Waals surface area contributed by atoms with Gasteiger partial charge in [-0.1, -0.05) is 12.8 Å². The summed E-state index contributed by atoms with van der Waals surface area (Å²) in [6, 6.07) is 0.803. The molecule has 2 saturated carbocycles. The van der Waals surface area contributed by atoms with Gasteiger partial charge in [-0.25, -0.2) is 0 Å². The zero-order valence-electron chi connectivity index (χ0n) is 11.3. The molecule has 0 amide bonds. The summed E-state index contributed by atoms with van der Waals surface area (Å²) in [4.78, 5) is 2.80. The highest BCUT2D eigenvalue weighted by atomic mass is 15.1. The Balaban J connectivity index is 1.54. The lowest BCUT2D eigenvalue weighted by molar-refractivity contribution is 0.0711. The van der Waals surface area contributed by atoms with Crippen LogP contribution in [-0.4, -0.2) is 37.6 Å². The first-order valence-corrected chi connectivity index (χ1v) is 7.74. The van der Waals surface area contributed by atoms with Crippen molar-refractivity contribution in [1.82, 2.24) is 10.2 Å². The van der Waals surface area contributed by atoms with Crippen molar-refractivity contribution >= 4 is 0 Å². The first-order chi connectivity index (χ1) is 8.35. The van der Waals surface area contributed by atoms with Crippen LogP contribution < -0.4 is 5.32 Å². The van der Waals surface area contributed by atoms with Crippen LogP contribution in [0.3, 0.4) is 0 Å². The van der Waals surface area contributed by atoms with Crippen molar-refractivity contribution in [2.45, 2.75) is 51.0 Å². The van der Waals surface area contributed by atoms with Crippen molar-refractivity contribution in [2.24, 2.45) is 17.8 Å². The van der Waals surface area contributed by atoms with E-state index < -0.39 is 0 Å². The summed E-state index contributed by atoms with van der Waals surface area (Å²) < 4.78 is 0. The fourth-order valence-corrected chi connectivity index (χ4v) is 4.65. The van der Waals surface area contributed by atoms with Crippen LogP contribution in [0.5, 0.6) is 0 Å². The number of nitrogens with zero attached hydrogens (tertiary/aromatic N) is 1. The minimum Gasteiger partial charge on any atom is -0.317 e. The van der Waals surface area contributed by atoms with Crippen molar-refractivity contribution in [2.75, 3.05) is 26.7 Å². The summed E-state index contributed by atoms with van der Waals surface area (Å²) in [7, 11) is 2.15. The molecule has 0 radical (unpaired) electrons. The Labute approximate surface area is 106 Å². The van der Waals surface area contributed by atoms with Gasteiger partial charge in [0.05, 0.1) is 0 Å². The molecule has 2 heteroatoms. The molecule has 98 valence electrons. The van der Waals surface area contributed by atoms with Gasteiger partial charge < -0.3 is 10.2 Å². The zero-order chi connectivity index (χ0) is 11.7. The summed E-state index contributed by atoms with van der Waals surface area (Å²) in [6.07, 6.45) is 10.4. The van der Waals surface area contributed by atoms with Gasteiger partial charge in [0.2, 0.25) is 0 Å². The van der Waals surface area contributed by atoms with E-state index in [4.69, 9.17) is 0 Å². The largest absolute Gasteiger partial charge is 0.317 e. The third-order valence-electron chi connectivity index (χ3n) is 5.45. The number of rotatable bonds is 3. The molecule has 2 bridgehead atoms. The van der Waals surface area contributed by atoms with Gasteiger partial charge >= 0.3 is 0 Å².